The lowest BCUT2D eigenvalue weighted by molar-refractivity contribution is 0.457. The number of ether oxygens (including phenoxy) is 1. The first-order valence-electron chi connectivity index (χ1n) is 4.29. The van der Waals surface area contributed by atoms with Crippen LogP contribution in [0.25, 0.3) is 0 Å². The summed E-state index contributed by atoms with van der Waals surface area (Å²) < 4.78 is 18.9. The second kappa shape index (κ2) is 4.40. The lowest BCUT2D eigenvalue weighted by Gasteiger charge is -2.04. The number of hydrogen-bond donors (Lipinski definition) is 0. The fourth-order valence-electron chi connectivity index (χ4n) is 1.07. The number of hydrogen-bond acceptors (Lipinski definition) is 2. The molecule has 2 aromatic rings. The maximum atomic E-state index is 13.1. The van der Waals surface area contributed by atoms with E-state index in [4.69, 9.17) is 4.74 Å². The van der Waals surface area contributed by atoms with Crippen LogP contribution in [0.3, 0.4) is 0 Å². The minimum Gasteiger partial charge on any atom is -0.439 e. The number of rotatable bonds is 2. The Morgan fingerprint density at radius 3 is 2.73 bits per heavy atom. The summed E-state index contributed by atoms with van der Waals surface area (Å²) in [5, 5.41) is 0. The van der Waals surface area contributed by atoms with E-state index in [1.807, 2.05) is 0 Å². The molecule has 0 amide bonds. The standard InChI is InChI=1S/C11H7BrFNO/c12-9-5-4-8(7-10(9)13)15-11-3-1-2-6-14-11/h1-7H. The Bertz CT molecular complexity index is 461. The minimum atomic E-state index is -0.358. The molecule has 0 radical (unpaired) electrons. The van der Waals surface area contributed by atoms with Crippen molar-refractivity contribution in [3.05, 3.63) is 52.9 Å². The van der Waals surface area contributed by atoms with Crippen molar-refractivity contribution >= 4 is 15.9 Å². The lowest BCUT2D eigenvalue weighted by atomic mass is 10.3. The van der Waals surface area contributed by atoms with Gasteiger partial charge in [0.05, 0.1) is 4.47 Å². The van der Waals surface area contributed by atoms with E-state index in [-0.39, 0.29) is 5.82 Å². The third kappa shape index (κ3) is 2.53. The molecule has 2 rings (SSSR count). The summed E-state index contributed by atoms with van der Waals surface area (Å²) in [7, 11) is 0. The summed E-state index contributed by atoms with van der Waals surface area (Å²) in [6.07, 6.45) is 1.62. The molecule has 1 heterocycles. The van der Waals surface area contributed by atoms with Crippen molar-refractivity contribution in [2.45, 2.75) is 0 Å². The van der Waals surface area contributed by atoms with Gasteiger partial charge in [-0.15, -0.1) is 0 Å². The summed E-state index contributed by atoms with van der Waals surface area (Å²) in [4.78, 5) is 3.97. The SMILES string of the molecule is Fc1cc(Oc2ccccn2)ccc1Br. The van der Waals surface area contributed by atoms with Gasteiger partial charge >= 0.3 is 0 Å². The maximum absolute atomic E-state index is 13.1. The quantitative estimate of drug-likeness (QED) is 0.826. The Morgan fingerprint density at radius 1 is 1.20 bits per heavy atom. The van der Waals surface area contributed by atoms with Gasteiger partial charge in [0.2, 0.25) is 5.88 Å². The van der Waals surface area contributed by atoms with Crippen molar-refractivity contribution in [1.29, 1.82) is 0 Å². The van der Waals surface area contributed by atoms with Crippen molar-refractivity contribution in [3.8, 4) is 11.6 Å². The molecule has 0 N–H and O–H groups in total. The predicted octanol–water partition coefficient (Wildman–Crippen LogP) is 3.78. The van der Waals surface area contributed by atoms with Crippen molar-refractivity contribution in [2.24, 2.45) is 0 Å². The summed E-state index contributed by atoms with van der Waals surface area (Å²) in [6, 6.07) is 9.86. The van der Waals surface area contributed by atoms with Crippen molar-refractivity contribution in [3.63, 3.8) is 0 Å². The molecule has 0 atom stereocenters. The third-order valence-electron chi connectivity index (χ3n) is 1.75. The molecule has 1 aromatic carbocycles. The second-order valence-electron chi connectivity index (χ2n) is 2.85. The molecular formula is C11H7BrFNO. The van der Waals surface area contributed by atoms with Gasteiger partial charge in [0.25, 0.3) is 0 Å². The van der Waals surface area contributed by atoms with Gasteiger partial charge in [-0.25, -0.2) is 9.37 Å². The van der Waals surface area contributed by atoms with Crippen molar-refractivity contribution < 1.29 is 9.13 Å². The van der Waals surface area contributed by atoms with Crippen LogP contribution >= 0.6 is 15.9 Å². The summed E-state index contributed by atoms with van der Waals surface area (Å²) in [5.74, 6) is 0.511. The van der Waals surface area contributed by atoms with Crippen molar-refractivity contribution in [1.82, 2.24) is 4.98 Å². The number of pyridine rings is 1. The molecule has 4 heteroatoms. The van der Waals surface area contributed by atoms with Crippen LogP contribution in [0.2, 0.25) is 0 Å². The van der Waals surface area contributed by atoms with Gasteiger partial charge < -0.3 is 4.74 Å². The first kappa shape index (κ1) is 10.1. The smallest absolute Gasteiger partial charge is 0.219 e. The van der Waals surface area contributed by atoms with Crippen LogP contribution < -0.4 is 4.74 Å². The van der Waals surface area contributed by atoms with E-state index in [9.17, 15) is 4.39 Å². The molecule has 0 fully saturated rings. The molecule has 76 valence electrons. The van der Waals surface area contributed by atoms with Gasteiger partial charge in [-0.3, -0.25) is 0 Å². The Morgan fingerprint density at radius 2 is 2.07 bits per heavy atom. The van der Waals surface area contributed by atoms with Gasteiger partial charge in [-0.05, 0) is 34.1 Å². The van der Waals surface area contributed by atoms with E-state index < -0.39 is 0 Å². The highest BCUT2D eigenvalue weighted by Gasteiger charge is 2.02. The predicted molar refractivity (Wildman–Crippen MR) is 58.4 cm³/mol. The van der Waals surface area contributed by atoms with E-state index in [1.54, 1.807) is 36.5 Å². The van der Waals surface area contributed by atoms with E-state index in [2.05, 4.69) is 20.9 Å². The van der Waals surface area contributed by atoms with E-state index in [1.165, 1.54) is 6.07 Å². The van der Waals surface area contributed by atoms with Gasteiger partial charge in [0.1, 0.15) is 11.6 Å². The molecule has 1 aromatic heterocycles. The average Bonchev–Trinajstić information content (AvgIpc) is 2.25. The minimum absolute atomic E-state index is 0.358. The zero-order valence-electron chi connectivity index (χ0n) is 7.65. The highest BCUT2D eigenvalue weighted by atomic mass is 79.9. The highest BCUT2D eigenvalue weighted by Crippen LogP contribution is 2.24. The number of nitrogens with zero attached hydrogens (tertiary/aromatic N) is 1. The summed E-state index contributed by atoms with van der Waals surface area (Å²) >= 11 is 3.07. The van der Waals surface area contributed by atoms with Gasteiger partial charge in [0, 0.05) is 18.3 Å². The van der Waals surface area contributed by atoms with Gasteiger partial charge in [-0.2, -0.15) is 0 Å². The van der Waals surface area contributed by atoms with Gasteiger partial charge in [0.15, 0.2) is 0 Å². The Kier molecular flexibility index (Phi) is 2.97. The van der Waals surface area contributed by atoms with E-state index >= 15 is 0 Å². The monoisotopic (exact) mass is 267 g/mol. The second-order valence-corrected chi connectivity index (χ2v) is 3.70. The molecule has 0 saturated carbocycles. The van der Waals surface area contributed by atoms with E-state index in [0.29, 0.717) is 16.1 Å². The number of benzene rings is 1. The van der Waals surface area contributed by atoms with Crippen LogP contribution in [0, 0.1) is 5.82 Å². The Labute approximate surface area is 94.9 Å². The van der Waals surface area contributed by atoms with Crippen LogP contribution in [-0.4, -0.2) is 4.98 Å². The lowest BCUT2D eigenvalue weighted by Crippen LogP contribution is -1.87. The molecule has 0 aliphatic heterocycles. The molecule has 0 aliphatic rings. The zero-order valence-corrected chi connectivity index (χ0v) is 9.24. The Hall–Kier alpha value is -1.42. The van der Waals surface area contributed by atoms with Crippen LogP contribution in [0.5, 0.6) is 11.6 Å². The summed E-state index contributed by atoms with van der Waals surface area (Å²) in [5.41, 5.74) is 0. The summed E-state index contributed by atoms with van der Waals surface area (Å²) in [6.45, 7) is 0. The molecule has 0 unspecified atom stereocenters. The molecular weight excluding hydrogens is 261 g/mol. The fourth-order valence-corrected chi connectivity index (χ4v) is 1.32. The Balaban J connectivity index is 2.22. The average molecular weight is 268 g/mol. The molecule has 15 heavy (non-hydrogen) atoms. The zero-order chi connectivity index (χ0) is 10.7. The van der Waals surface area contributed by atoms with Crippen LogP contribution in [0.4, 0.5) is 4.39 Å². The normalized spacial score (nSPS) is 10.0. The molecule has 0 bridgehead atoms. The molecule has 0 saturated heterocycles. The van der Waals surface area contributed by atoms with Crippen LogP contribution in [0.15, 0.2) is 47.1 Å². The van der Waals surface area contributed by atoms with E-state index in [0.717, 1.165) is 0 Å². The van der Waals surface area contributed by atoms with Crippen molar-refractivity contribution in [2.75, 3.05) is 0 Å². The topological polar surface area (TPSA) is 22.1 Å². The molecule has 0 aliphatic carbocycles. The first-order chi connectivity index (χ1) is 7.25. The maximum Gasteiger partial charge on any atom is 0.219 e. The molecule has 2 nitrogen and oxygen atoms in total. The van der Waals surface area contributed by atoms with Gasteiger partial charge in [-0.1, -0.05) is 6.07 Å². The first-order valence-corrected chi connectivity index (χ1v) is 5.09. The third-order valence-corrected chi connectivity index (χ3v) is 2.39. The molecule has 0 spiro atoms. The van der Waals surface area contributed by atoms with Crippen LogP contribution in [-0.2, 0) is 0 Å². The number of aromatic nitrogens is 1. The fraction of sp³-hybridized carbons (Fsp3) is 0. The largest absolute Gasteiger partial charge is 0.439 e. The number of halogens is 2. The highest BCUT2D eigenvalue weighted by molar-refractivity contribution is 9.10. The van der Waals surface area contributed by atoms with Crippen LogP contribution in [0.1, 0.15) is 0 Å².